The molecule has 1 aliphatic heterocycles. The standard InChI is InChI=1S/C19H24N2O2S/c1-20(2)16-6-3-5-15(13-16)8-9-19(22)21-10-11-23-17(14-21)18-7-4-12-24-18/h3-7,12-13,17H,8-11,14H2,1-2H3. The third-order valence-corrected chi connectivity index (χ3v) is 5.30. The first-order chi connectivity index (χ1) is 11.6. The molecule has 1 aromatic heterocycles. The van der Waals surface area contributed by atoms with Gasteiger partial charge in [0.2, 0.25) is 5.91 Å². The van der Waals surface area contributed by atoms with Crippen molar-refractivity contribution in [2.45, 2.75) is 18.9 Å². The SMILES string of the molecule is CN(C)c1cccc(CCC(=O)N2CCOC(c3cccs3)C2)c1. The molecular weight excluding hydrogens is 320 g/mol. The average molecular weight is 344 g/mol. The van der Waals surface area contributed by atoms with Crippen molar-refractivity contribution in [2.75, 3.05) is 38.7 Å². The van der Waals surface area contributed by atoms with E-state index in [0.29, 0.717) is 26.1 Å². The molecule has 0 aliphatic carbocycles. The summed E-state index contributed by atoms with van der Waals surface area (Å²) in [6.45, 7) is 1.97. The van der Waals surface area contributed by atoms with Gasteiger partial charge in [-0.25, -0.2) is 0 Å². The quantitative estimate of drug-likeness (QED) is 0.834. The van der Waals surface area contributed by atoms with Gasteiger partial charge in [-0.2, -0.15) is 0 Å². The number of amides is 1. The van der Waals surface area contributed by atoms with E-state index in [1.807, 2.05) is 25.1 Å². The van der Waals surface area contributed by atoms with E-state index < -0.39 is 0 Å². The van der Waals surface area contributed by atoms with Gasteiger partial charge in [0, 0.05) is 37.6 Å². The summed E-state index contributed by atoms with van der Waals surface area (Å²) < 4.78 is 5.82. The largest absolute Gasteiger partial charge is 0.378 e. The number of hydrogen-bond acceptors (Lipinski definition) is 4. The Morgan fingerprint density at radius 3 is 2.96 bits per heavy atom. The van der Waals surface area contributed by atoms with Crippen molar-refractivity contribution in [1.82, 2.24) is 4.90 Å². The molecule has 1 amide bonds. The van der Waals surface area contributed by atoms with Gasteiger partial charge in [0.15, 0.2) is 0 Å². The van der Waals surface area contributed by atoms with Gasteiger partial charge in [0.05, 0.1) is 13.2 Å². The molecule has 24 heavy (non-hydrogen) atoms. The number of morpholine rings is 1. The van der Waals surface area contributed by atoms with Gasteiger partial charge in [0.25, 0.3) is 0 Å². The Morgan fingerprint density at radius 2 is 2.21 bits per heavy atom. The van der Waals surface area contributed by atoms with Gasteiger partial charge < -0.3 is 14.5 Å². The lowest BCUT2D eigenvalue weighted by Crippen LogP contribution is -2.42. The summed E-state index contributed by atoms with van der Waals surface area (Å²) in [7, 11) is 4.06. The summed E-state index contributed by atoms with van der Waals surface area (Å²) in [6, 6.07) is 12.5. The van der Waals surface area contributed by atoms with Crippen LogP contribution < -0.4 is 4.90 Å². The second-order valence-electron chi connectivity index (χ2n) is 6.28. The fourth-order valence-corrected chi connectivity index (χ4v) is 3.69. The maximum atomic E-state index is 12.6. The Kier molecular flexibility index (Phi) is 5.53. The number of aryl methyl sites for hydroxylation is 1. The molecule has 0 N–H and O–H groups in total. The molecule has 0 radical (unpaired) electrons. The van der Waals surface area contributed by atoms with Crippen LogP contribution in [-0.4, -0.2) is 44.6 Å². The fourth-order valence-electron chi connectivity index (χ4n) is 2.92. The second-order valence-corrected chi connectivity index (χ2v) is 7.26. The zero-order valence-corrected chi connectivity index (χ0v) is 15.1. The summed E-state index contributed by atoms with van der Waals surface area (Å²) in [4.78, 5) is 17.8. The summed E-state index contributed by atoms with van der Waals surface area (Å²) >= 11 is 1.69. The van der Waals surface area contributed by atoms with E-state index in [2.05, 4.69) is 40.6 Å². The summed E-state index contributed by atoms with van der Waals surface area (Å²) in [5, 5.41) is 2.05. The molecular formula is C19H24N2O2S. The van der Waals surface area contributed by atoms with Gasteiger partial charge in [-0.05, 0) is 35.6 Å². The minimum Gasteiger partial charge on any atom is -0.378 e. The number of rotatable bonds is 5. The Bertz CT molecular complexity index is 670. The van der Waals surface area contributed by atoms with Crippen molar-refractivity contribution in [3.63, 3.8) is 0 Å². The average Bonchev–Trinajstić information content (AvgIpc) is 3.15. The molecule has 1 saturated heterocycles. The number of nitrogens with zero attached hydrogens (tertiary/aromatic N) is 2. The van der Waals surface area contributed by atoms with Crippen LogP contribution in [0, 0.1) is 0 Å². The van der Waals surface area contributed by atoms with Gasteiger partial charge in [-0.3, -0.25) is 4.79 Å². The molecule has 1 unspecified atom stereocenters. The van der Waals surface area contributed by atoms with Crippen molar-refractivity contribution >= 4 is 22.9 Å². The second kappa shape index (κ2) is 7.81. The lowest BCUT2D eigenvalue weighted by atomic mass is 10.1. The fraction of sp³-hybridized carbons (Fsp3) is 0.421. The Balaban J connectivity index is 1.56. The van der Waals surface area contributed by atoms with E-state index in [-0.39, 0.29) is 12.0 Å². The van der Waals surface area contributed by atoms with E-state index in [1.54, 1.807) is 11.3 Å². The van der Waals surface area contributed by atoms with Crippen LogP contribution in [0.3, 0.4) is 0 Å². The van der Waals surface area contributed by atoms with Crippen LogP contribution in [0.15, 0.2) is 41.8 Å². The summed E-state index contributed by atoms with van der Waals surface area (Å²) in [5.74, 6) is 0.218. The molecule has 128 valence electrons. The summed E-state index contributed by atoms with van der Waals surface area (Å²) in [6.07, 6.45) is 1.36. The van der Waals surface area contributed by atoms with Crippen LogP contribution in [0.1, 0.15) is 23.0 Å². The predicted molar refractivity (Wildman–Crippen MR) is 98.7 cm³/mol. The molecule has 1 atom stereocenters. The normalized spacial score (nSPS) is 17.8. The van der Waals surface area contributed by atoms with Crippen LogP contribution in [0.25, 0.3) is 0 Å². The molecule has 1 aliphatic rings. The number of carbonyl (C=O) groups is 1. The molecule has 4 nitrogen and oxygen atoms in total. The lowest BCUT2D eigenvalue weighted by Gasteiger charge is -2.32. The number of thiophene rings is 1. The van der Waals surface area contributed by atoms with Crippen molar-refractivity contribution in [3.05, 3.63) is 52.2 Å². The zero-order chi connectivity index (χ0) is 16.9. The molecule has 3 rings (SSSR count). The van der Waals surface area contributed by atoms with Gasteiger partial charge in [-0.15, -0.1) is 11.3 Å². The number of carbonyl (C=O) groups excluding carboxylic acids is 1. The zero-order valence-electron chi connectivity index (χ0n) is 14.3. The van der Waals surface area contributed by atoms with Gasteiger partial charge >= 0.3 is 0 Å². The van der Waals surface area contributed by atoms with Crippen molar-refractivity contribution in [3.8, 4) is 0 Å². The van der Waals surface area contributed by atoms with Crippen LogP contribution in [0.4, 0.5) is 5.69 Å². The van der Waals surface area contributed by atoms with Crippen LogP contribution in [0.2, 0.25) is 0 Å². The first kappa shape index (κ1) is 17.0. The number of hydrogen-bond donors (Lipinski definition) is 0. The van der Waals surface area contributed by atoms with Gasteiger partial charge in [-0.1, -0.05) is 18.2 Å². The van der Waals surface area contributed by atoms with Crippen LogP contribution >= 0.6 is 11.3 Å². The lowest BCUT2D eigenvalue weighted by molar-refractivity contribution is -0.138. The van der Waals surface area contributed by atoms with Crippen molar-refractivity contribution in [1.29, 1.82) is 0 Å². The van der Waals surface area contributed by atoms with Gasteiger partial charge in [0.1, 0.15) is 6.10 Å². The highest BCUT2D eigenvalue weighted by Crippen LogP contribution is 2.26. The smallest absolute Gasteiger partial charge is 0.223 e. The van der Waals surface area contributed by atoms with E-state index >= 15 is 0 Å². The van der Waals surface area contributed by atoms with Crippen LogP contribution in [0.5, 0.6) is 0 Å². The molecule has 2 heterocycles. The van der Waals surface area contributed by atoms with Crippen molar-refractivity contribution < 1.29 is 9.53 Å². The van der Waals surface area contributed by atoms with Crippen LogP contribution in [-0.2, 0) is 16.0 Å². The minimum absolute atomic E-state index is 0.0276. The third-order valence-electron chi connectivity index (χ3n) is 4.33. The predicted octanol–water partition coefficient (Wildman–Crippen LogP) is 3.35. The topological polar surface area (TPSA) is 32.8 Å². The molecule has 2 aromatic rings. The Morgan fingerprint density at radius 1 is 1.33 bits per heavy atom. The summed E-state index contributed by atoms with van der Waals surface area (Å²) in [5.41, 5.74) is 2.38. The molecule has 0 bridgehead atoms. The number of anilines is 1. The van der Waals surface area contributed by atoms with E-state index in [0.717, 1.165) is 6.42 Å². The third kappa shape index (κ3) is 4.16. The number of benzene rings is 1. The monoisotopic (exact) mass is 344 g/mol. The molecule has 5 heteroatoms. The highest BCUT2D eigenvalue weighted by atomic mass is 32.1. The molecule has 0 saturated carbocycles. The maximum Gasteiger partial charge on any atom is 0.223 e. The maximum absolute atomic E-state index is 12.6. The molecule has 0 spiro atoms. The van der Waals surface area contributed by atoms with E-state index in [1.165, 1.54) is 16.1 Å². The van der Waals surface area contributed by atoms with Crippen molar-refractivity contribution in [2.24, 2.45) is 0 Å². The minimum atomic E-state index is 0.0276. The highest BCUT2D eigenvalue weighted by Gasteiger charge is 2.25. The van der Waals surface area contributed by atoms with E-state index in [9.17, 15) is 4.79 Å². The first-order valence-electron chi connectivity index (χ1n) is 8.32. The Labute approximate surface area is 147 Å². The molecule has 1 aromatic carbocycles. The highest BCUT2D eigenvalue weighted by molar-refractivity contribution is 7.10. The Hall–Kier alpha value is -1.85. The first-order valence-corrected chi connectivity index (χ1v) is 9.20. The molecule has 1 fully saturated rings. The number of ether oxygens (including phenoxy) is 1. The van der Waals surface area contributed by atoms with E-state index in [4.69, 9.17) is 4.74 Å².